The van der Waals surface area contributed by atoms with Crippen molar-refractivity contribution >= 4 is 39.0 Å². The molecule has 3 amide bonds. The monoisotopic (exact) mass is 480 g/mol. The Morgan fingerprint density at radius 1 is 1.03 bits per heavy atom. The number of carbonyl (C=O) groups excluding carboxylic acids is 2. The number of hydrogen-bond donors (Lipinski definition) is 4. The summed E-state index contributed by atoms with van der Waals surface area (Å²) in [4.78, 5) is 24.4. The summed E-state index contributed by atoms with van der Waals surface area (Å²) in [6.45, 7) is 4.44. The van der Waals surface area contributed by atoms with E-state index in [2.05, 4.69) is 20.7 Å². The zero-order valence-electron chi connectivity index (χ0n) is 18.6. The summed E-state index contributed by atoms with van der Waals surface area (Å²) >= 11 is 0. The van der Waals surface area contributed by atoms with E-state index in [1.165, 1.54) is 6.07 Å². The van der Waals surface area contributed by atoms with Gasteiger partial charge in [0.15, 0.2) is 0 Å². The van der Waals surface area contributed by atoms with Crippen LogP contribution >= 0.6 is 0 Å². The van der Waals surface area contributed by atoms with Gasteiger partial charge in [-0.3, -0.25) is 9.52 Å². The highest BCUT2D eigenvalue weighted by atomic mass is 32.2. The van der Waals surface area contributed by atoms with E-state index in [1.54, 1.807) is 61.5 Å². The Hall–Kier alpha value is -4.05. The van der Waals surface area contributed by atoms with Crippen LogP contribution in [0.4, 0.5) is 21.9 Å². The van der Waals surface area contributed by atoms with E-state index < -0.39 is 15.9 Å². The second-order valence-corrected chi connectivity index (χ2v) is 9.33. The van der Waals surface area contributed by atoms with Gasteiger partial charge in [0.05, 0.1) is 11.5 Å². The van der Waals surface area contributed by atoms with Crippen molar-refractivity contribution in [1.82, 2.24) is 5.32 Å². The summed E-state index contributed by atoms with van der Waals surface area (Å²) < 4.78 is 34.0. The second-order valence-electron chi connectivity index (χ2n) is 7.68. The summed E-state index contributed by atoms with van der Waals surface area (Å²) in [7, 11) is -3.91. The molecule has 3 aromatic rings. The maximum atomic E-state index is 13.0. The van der Waals surface area contributed by atoms with E-state index in [1.807, 2.05) is 6.92 Å². The Balaban J connectivity index is 1.53. The Morgan fingerprint density at radius 2 is 1.76 bits per heavy atom. The molecule has 1 aliphatic rings. The Bertz CT molecular complexity index is 1350. The average molecular weight is 481 g/mol. The van der Waals surface area contributed by atoms with Gasteiger partial charge >= 0.3 is 6.03 Å². The molecule has 176 valence electrons. The third kappa shape index (κ3) is 5.12. The smallest absolute Gasteiger partial charge is 0.319 e. The summed E-state index contributed by atoms with van der Waals surface area (Å²) in [6.07, 6.45) is 0. The van der Waals surface area contributed by atoms with Crippen LogP contribution in [0.5, 0.6) is 5.75 Å². The first kappa shape index (κ1) is 23.1. The lowest BCUT2D eigenvalue weighted by atomic mass is 10.1. The molecule has 0 radical (unpaired) electrons. The average Bonchev–Trinajstić information content (AvgIpc) is 2.81. The van der Waals surface area contributed by atoms with Gasteiger partial charge in [0.2, 0.25) is 0 Å². The van der Waals surface area contributed by atoms with Crippen molar-refractivity contribution < 1.29 is 22.7 Å². The predicted molar refractivity (Wildman–Crippen MR) is 130 cm³/mol. The molecule has 0 fully saturated rings. The van der Waals surface area contributed by atoms with Crippen LogP contribution in [-0.2, 0) is 16.6 Å². The molecule has 0 aromatic heterocycles. The molecule has 34 heavy (non-hydrogen) atoms. The molecule has 0 bridgehead atoms. The standard InChI is InChI=1S/C24H24N4O5S/c1-3-33-20-10-8-18(9-11-20)28-34(31,32)22-13-19(7-4-15(22)2)26-23(29)16-5-6-17-14-25-24(30)27-21(17)12-16/h4-13,28H,3,14H2,1-2H3,(H,26,29)(H2,25,27,30). The van der Waals surface area contributed by atoms with Gasteiger partial charge in [-0.25, -0.2) is 13.2 Å². The molecule has 0 aliphatic carbocycles. The van der Waals surface area contributed by atoms with Gasteiger partial charge in [-0.15, -0.1) is 0 Å². The van der Waals surface area contributed by atoms with Crippen molar-refractivity contribution in [3.8, 4) is 5.75 Å². The van der Waals surface area contributed by atoms with E-state index in [9.17, 15) is 18.0 Å². The second kappa shape index (κ2) is 9.44. The number of benzene rings is 3. The highest BCUT2D eigenvalue weighted by Crippen LogP contribution is 2.25. The van der Waals surface area contributed by atoms with Crippen LogP contribution in [0.2, 0.25) is 0 Å². The van der Waals surface area contributed by atoms with Crippen LogP contribution in [0.15, 0.2) is 65.6 Å². The van der Waals surface area contributed by atoms with E-state index >= 15 is 0 Å². The number of hydrogen-bond acceptors (Lipinski definition) is 5. The minimum absolute atomic E-state index is 0.0444. The third-order valence-electron chi connectivity index (χ3n) is 5.21. The molecular weight excluding hydrogens is 456 g/mol. The molecule has 4 rings (SSSR count). The fourth-order valence-electron chi connectivity index (χ4n) is 3.50. The summed E-state index contributed by atoms with van der Waals surface area (Å²) in [5.41, 5.74) is 3.00. The number of aryl methyl sites for hydroxylation is 1. The number of ether oxygens (including phenoxy) is 1. The van der Waals surface area contributed by atoms with Crippen LogP contribution in [0.25, 0.3) is 0 Å². The van der Waals surface area contributed by atoms with Crippen molar-refractivity contribution in [2.75, 3.05) is 22.0 Å². The lowest BCUT2D eigenvalue weighted by molar-refractivity contribution is 0.102. The number of urea groups is 1. The van der Waals surface area contributed by atoms with Crippen LogP contribution in [0, 0.1) is 6.92 Å². The number of carbonyl (C=O) groups is 2. The zero-order chi connectivity index (χ0) is 24.3. The van der Waals surface area contributed by atoms with Gasteiger partial charge in [-0.1, -0.05) is 12.1 Å². The fraction of sp³-hybridized carbons (Fsp3) is 0.167. The normalized spacial score (nSPS) is 12.7. The molecule has 0 spiro atoms. The first-order chi connectivity index (χ1) is 16.2. The highest BCUT2D eigenvalue weighted by molar-refractivity contribution is 7.92. The van der Waals surface area contributed by atoms with Gasteiger partial charge < -0.3 is 20.7 Å². The number of amides is 3. The molecule has 0 atom stereocenters. The third-order valence-corrected chi connectivity index (χ3v) is 6.74. The fourth-order valence-corrected chi connectivity index (χ4v) is 4.83. The predicted octanol–water partition coefficient (Wildman–Crippen LogP) is 4.08. The van der Waals surface area contributed by atoms with Crippen molar-refractivity contribution in [3.05, 3.63) is 77.4 Å². The number of rotatable bonds is 7. The largest absolute Gasteiger partial charge is 0.494 e. The van der Waals surface area contributed by atoms with Gasteiger partial charge in [0.25, 0.3) is 15.9 Å². The molecule has 10 heteroatoms. The minimum Gasteiger partial charge on any atom is -0.494 e. The van der Waals surface area contributed by atoms with Gasteiger partial charge in [0.1, 0.15) is 5.75 Å². The van der Waals surface area contributed by atoms with Crippen LogP contribution in [-0.4, -0.2) is 27.0 Å². The van der Waals surface area contributed by atoms with E-state index in [0.29, 0.717) is 47.1 Å². The van der Waals surface area contributed by atoms with Crippen molar-refractivity contribution in [2.45, 2.75) is 25.3 Å². The molecule has 0 saturated carbocycles. The molecule has 3 aromatic carbocycles. The maximum Gasteiger partial charge on any atom is 0.319 e. The van der Waals surface area contributed by atoms with Gasteiger partial charge in [0, 0.05) is 29.2 Å². The topological polar surface area (TPSA) is 126 Å². The lowest BCUT2D eigenvalue weighted by Gasteiger charge is -2.19. The molecular formula is C24H24N4O5S. The number of nitrogens with one attached hydrogen (secondary N) is 4. The van der Waals surface area contributed by atoms with Crippen molar-refractivity contribution in [2.24, 2.45) is 0 Å². The van der Waals surface area contributed by atoms with E-state index in [4.69, 9.17) is 4.74 Å². The Labute approximate surface area is 197 Å². The number of sulfonamides is 1. The van der Waals surface area contributed by atoms with Crippen LogP contribution < -0.4 is 25.4 Å². The van der Waals surface area contributed by atoms with Crippen molar-refractivity contribution in [1.29, 1.82) is 0 Å². The summed E-state index contributed by atoms with van der Waals surface area (Å²) in [5, 5.41) is 8.05. The SMILES string of the molecule is CCOc1ccc(NS(=O)(=O)c2cc(NC(=O)c3ccc4c(c3)NC(=O)NC4)ccc2C)cc1. The zero-order valence-corrected chi connectivity index (χ0v) is 19.5. The first-order valence-corrected chi connectivity index (χ1v) is 12.1. The first-order valence-electron chi connectivity index (χ1n) is 10.6. The highest BCUT2D eigenvalue weighted by Gasteiger charge is 2.20. The lowest BCUT2D eigenvalue weighted by Crippen LogP contribution is -2.33. The van der Waals surface area contributed by atoms with E-state index in [0.717, 1.165) is 5.56 Å². The van der Waals surface area contributed by atoms with Gasteiger partial charge in [-0.2, -0.15) is 0 Å². The van der Waals surface area contributed by atoms with Crippen LogP contribution in [0.3, 0.4) is 0 Å². The number of anilines is 3. The van der Waals surface area contributed by atoms with Crippen LogP contribution in [0.1, 0.15) is 28.4 Å². The Kier molecular flexibility index (Phi) is 6.42. The molecule has 0 saturated heterocycles. The van der Waals surface area contributed by atoms with Crippen molar-refractivity contribution in [3.63, 3.8) is 0 Å². The maximum absolute atomic E-state index is 13.0. The van der Waals surface area contributed by atoms with E-state index in [-0.39, 0.29) is 10.9 Å². The molecule has 1 aliphatic heterocycles. The molecule has 0 unspecified atom stereocenters. The minimum atomic E-state index is -3.91. The summed E-state index contributed by atoms with van der Waals surface area (Å²) in [6, 6.07) is 15.9. The van der Waals surface area contributed by atoms with Gasteiger partial charge in [-0.05, 0) is 73.5 Å². The Morgan fingerprint density at radius 3 is 2.50 bits per heavy atom. The number of fused-ring (bicyclic) bond motifs is 1. The molecule has 4 N–H and O–H groups in total. The quantitative estimate of drug-likeness (QED) is 0.405. The summed E-state index contributed by atoms with van der Waals surface area (Å²) in [5.74, 6) is 0.214. The molecule has 9 nitrogen and oxygen atoms in total. The molecule has 1 heterocycles.